The van der Waals surface area contributed by atoms with Crippen molar-refractivity contribution in [2.45, 2.75) is 76.8 Å². The minimum atomic E-state index is -2.65. The Labute approximate surface area is 249 Å². The van der Waals surface area contributed by atoms with Crippen molar-refractivity contribution in [2.24, 2.45) is 11.8 Å². The molecule has 3 aromatic carbocycles. The smallest absolute Gasteiger partial charge is 0.307 e. The fourth-order valence-electron chi connectivity index (χ4n) is 5.52. The first kappa shape index (κ1) is 31.4. The van der Waals surface area contributed by atoms with Crippen LogP contribution >= 0.6 is 0 Å². The number of nitrogens with one attached hydrogen (secondary N) is 1. The molecule has 220 valence electrons. The van der Waals surface area contributed by atoms with Gasteiger partial charge in [-0.25, -0.2) is 8.93 Å². The van der Waals surface area contributed by atoms with E-state index in [0.29, 0.717) is 6.61 Å². The van der Waals surface area contributed by atoms with Gasteiger partial charge in [-0.2, -0.15) is 0 Å². The van der Waals surface area contributed by atoms with Crippen LogP contribution in [0.4, 0.5) is 0 Å². The van der Waals surface area contributed by atoms with E-state index in [1.165, 1.54) is 10.4 Å². The molecule has 0 heterocycles. The van der Waals surface area contributed by atoms with E-state index >= 15 is 0 Å². The van der Waals surface area contributed by atoms with Gasteiger partial charge in [-0.1, -0.05) is 112 Å². The van der Waals surface area contributed by atoms with Crippen LogP contribution in [0.15, 0.2) is 91.0 Å². The number of esters is 1. The van der Waals surface area contributed by atoms with Gasteiger partial charge < -0.3 is 9.16 Å². The number of hydrogen-bond acceptors (Lipinski definition) is 4. The highest BCUT2D eigenvalue weighted by Crippen LogP contribution is 2.45. The van der Waals surface area contributed by atoms with Crippen molar-refractivity contribution < 1.29 is 18.2 Å². The summed E-state index contributed by atoms with van der Waals surface area (Å²) in [6, 6.07) is 30.7. The highest BCUT2D eigenvalue weighted by atomic mass is 32.2. The molecule has 0 bridgehead atoms. The SMILES string of the molecule is CC(C)(C)[S@](=O)N[C@H](CC(=O)OCc1ccccc1)[C@@H]1C[C@@H]1CO[Si](c1ccccc1)(c1ccccc1)C(C)(C)C. The van der Waals surface area contributed by atoms with E-state index in [4.69, 9.17) is 9.16 Å². The number of rotatable bonds is 12. The molecule has 4 rings (SSSR count). The zero-order chi connectivity index (χ0) is 29.7. The Morgan fingerprint density at radius 1 is 0.878 bits per heavy atom. The van der Waals surface area contributed by atoms with Crippen molar-refractivity contribution in [2.75, 3.05) is 6.61 Å². The molecule has 0 aromatic heterocycles. The summed E-state index contributed by atoms with van der Waals surface area (Å²) in [6.45, 7) is 13.5. The molecule has 0 radical (unpaired) electrons. The number of hydrogen-bond donors (Lipinski definition) is 1. The molecule has 3 aromatic rings. The molecule has 0 saturated heterocycles. The van der Waals surface area contributed by atoms with Gasteiger partial charge in [0.2, 0.25) is 0 Å². The van der Waals surface area contributed by atoms with Gasteiger partial charge in [-0.15, -0.1) is 0 Å². The van der Waals surface area contributed by atoms with E-state index in [-0.39, 0.29) is 41.9 Å². The van der Waals surface area contributed by atoms with Crippen LogP contribution in [0.25, 0.3) is 0 Å². The van der Waals surface area contributed by atoms with E-state index < -0.39 is 24.1 Å². The Hall–Kier alpha value is -2.58. The Kier molecular flexibility index (Phi) is 10.1. The molecule has 41 heavy (non-hydrogen) atoms. The van der Waals surface area contributed by atoms with Gasteiger partial charge >= 0.3 is 5.97 Å². The summed E-state index contributed by atoms with van der Waals surface area (Å²) in [4.78, 5) is 12.9. The molecule has 0 spiro atoms. The largest absolute Gasteiger partial charge is 0.461 e. The monoisotopic (exact) mass is 591 g/mol. The summed E-state index contributed by atoms with van der Waals surface area (Å²) in [5.41, 5.74) is 0.951. The maximum absolute atomic E-state index is 13.1. The van der Waals surface area contributed by atoms with Crippen molar-refractivity contribution in [3.63, 3.8) is 0 Å². The molecule has 1 fully saturated rings. The summed E-state index contributed by atoms with van der Waals surface area (Å²) >= 11 is 0. The van der Waals surface area contributed by atoms with Crippen molar-refractivity contribution in [1.82, 2.24) is 4.72 Å². The minimum absolute atomic E-state index is 0.104. The van der Waals surface area contributed by atoms with E-state index in [1.54, 1.807) is 0 Å². The Balaban J connectivity index is 1.51. The quantitative estimate of drug-likeness (QED) is 0.215. The maximum Gasteiger partial charge on any atom is 0.307 e. The van der Waals surface area contributed by atoms with Crippen molar-refractivity contribution in [1.29, 1.82) is 0 Å². The molecule has 4 atom stereocenters. The van der Waals surface area contributed by atoms with Crippen LogP contribution in [0, 0.1) is 11.8 Å². The Morgan fingerprint density at radius 3 is 1.88 bits per heavy atom. The van der Waals surface area contributed by atoms with Gasteiger partial charge in [-0.3, -0.25) is 4.79 Å². The fraction of sp³-hybridized carbons (Fsp3) is 0.441. The summed E-state index contributed by atoms with van der Waals surface area (Å²) in [5, 5.41) is 2.40. The van der Waals surface area contributed by atoms with Gasteiger partial charge in [0.25, 0.3) is 8.32 Å². The van der Waals surface area contributed by atoms with E-state index in [2.05, 4.69) is 86.2 Å². The number of carbonyl (C=O) groups excluding carboxylic acids is 1. The molecular weight excluding hydrogens is 547 g/mol. The molecule has 5 nitrogen and oxygen atoms in total. The first-order valence-corrected chi connectivity index (χ1v) is 17.6. The average molecular weight is 592 g/mol. The van der Waals surface area contributed by atoms with E-state index in [0.717, 1.165) is 12.0 Å². The molecule has 1 N–H and O–H groups in total. The van der Waals surface area contributed by atoms with E-state index in [1.807, 2.05) is 51.1 Å². The van der Waals surface area contributed by atoms with Crippen LogP contribution in [0.3, 0.4) is 0 Å². The predicted molar refractivity (Wildman–Crippen MR) is 171 cm³/mol. The third-order valence-electron chi connectivity index (χ3n) is 7.87. The minimum Gasteiger partial charge on any atom is -0.461 e. The standard InChI is InChI=1S/C34H45NO4SSi/c1-33(2,3)40(37)35-31(23-32(36)38-24-26-16-10-7-11-17-26)30-22-27(30)25-39-41(34(4,5)6,28-18-12-8-13-19-28)29-20-14-9-15-21-29/h7-21,27,30-31,35H,22-25H2,1-6H3/t27-,30-,31-,40+/m1/s1. The summed E-state index contributed by atoms with van der Waals surface area (Å²) in [6.07, 6.45) is 1.10. The van der Waals surface area contributed by atoms with Crippen LogP contribution in [-0.4, -0.2) is 35.9 Å². The summed E-state index contributed by atoms with van der Waals surface area (Å²) in [7, 11) is -3.96. The third kappa shape index (κ3) is 7.83. The second-order valence-electron chi connectivity index (χ2n) is 13.1. The summed E-state index contributed by atoms with van der Waals surface area (Å²) in [5.74, 6) is 0.174. The van der Waals surface area contributed by atoms with Crippen LogP contribution in [-0.2, 0) is 31.5 Å². The van der Waals surface area contributed by atoms with Crippen LogP contribution < -0.4 is 15.1 Å². The normalized spacial score (nSPS) is 18.9. The third-order valence-corrected chi connectivity index (χ3v) is 14.5. The first-order valence-electron chi connectivity index (χ1n) is 14.5. The number of carbonyl (C=O) groups is 1. The molecule has 0 aliphatic heterocycles. The van der Waals surface area contributed by atoms with E-state index in [9.17, 15) is 9.00 Å². The lowest BCUT2D eigenvalue weighted by Gasteiger charge is -2.43. The Morgan fingerprint density at radius 2 is 1.39 bits per heavy atom. The van der Waals surface area contributed by atoms with Gasteiger partial charge in [0.15, 0.2) is 0 Å². The topological polar surface area (TPSA) is 64.6 Å². The van der Waals surface area contributed by atoms with Crippen LogP contribution in [0.2, 0.25) is 5.04 Å². The average Bonchev–Trinajstić information content (AvgIpc) is 3.72. The van der Waals surface area contributed by atoms with Crippen molar-refractivity contribution >= 4 is 35.6 Å². The highest BCUT2D eigenvalue weighted by molar-refractivity contribution is 7.84. The lowest BCUT2D eigenvalue weighted by molar-refractivity contribution is -0.145. The molecule has 1 aliphatic rings. The highest BCUT2D eigenvalue weighted by Gasteiger charge is 2.52. The van der Waals surface area contributed by atoms with Gasteiger partial charge in [0, 0.05) is 12.6 Å². The van der Waals surface area contributed by atoms with Gasteiger partial charge in [-0.05, 0) is 60.0 Å². The van der Waals surface area contributed by atoms with Crippen molar-refractivity contribution in [3.05, 3.63) is 96.6 Å². The molecule has 0 unspecified atom stereocenters. The molecule has 1 saturated carbocycles. The molecule has 0 amide bonds. The first-order chi connectivity index (χ1) is 19.4. The number of benzene rings is 3. The summed E-state index contributed by atoms with van der Waals surface area (Å²) < 4.78 is 28.8. The Bertz CT molecular complexity index is 1250. The molecule has 7 heteroatoms. The van der Waals surface area contributed by atoms with Crippen molar-refractivity contribution in [3.8, 4) is 0 Å². The maximum atomic E-state index is 13.1. The lowest BCUT2D eigenvalue weighted by Crippen LogP contribution is -2.66. The lowest BCUT2D eigenvalue weighted by atomic mass is 10.1. The molecular formula is C34H45NO4SSi. The predicted octanol–water partition coefficient (Wildman–Crippen LogP) is 5.75. The zero-order valence-corrected chi connectivity index (χ0v) is 27.1. The zero-order valence-electron chi connectivity index (χ0n) is 25.3. The van der Waals surface area contributed by atoms with Crippen LogP contribution in [0.1, 0.15) is 59.9 Å². The van der Waals surface area contributed by atoms with Crippen LogP contribution in [0.5, 0.6) is 0 Å². The second kappa shape index (κ2) is 13.2. The van der Waals surface area contributed by atoms with Gasteiger partial charge in [0.05, 0.1) is 22.2 Å². The molecule has 1 aliphatic carbocycles. The van der Waals surface area contributed by atoms with Gasteiger partial charge in [0.1, 0.15) is 6.61 Å². The number of ether oxygens (including phenoxy) is 1. The second-order valence-corrected chi connectivity index (χ2v) is 19.4. The fourth-order valence-corrected chi connectivity index (χ4v) is 11.0.